The molecule has 1 aromatic heterocycles. The second-order valence-corrected chi connectivity index (χ2v) is 7.46. The first-order valence-electron chi connectivity index (χ1n) is 9.44. The van der Waals surface area contributed by atoms with Crippen molar-refractivity contribution in [3.63, 3.8) is 0 Å². The molecule has 1 aliphatic rings. The van der Waals surface area contributed by atoms with Gasteiger partial charge < -0.3 is 21.5 Å². The average molecular weight is 414 g/mol. The van der Waals surface area contributed by atoms with Gasteiger partial charge >= 0.3 is 5.97 Å². The van der Waals surface area contributed by atoms with Crippen LogP contribution < -0.4 is 11.5 Å². The molecule has 0 fully saturated rings. The van der Waals surface area contributed by atoms with E-state index in [9.17, 15) is 14.4 Å². The van der Waals surface area contributed by atoms with E-state index in [1.165, 1.54) is 12.1 Å². The third-order valence-electron chi connectivity index (χ3n) is 5.62. The number of hydrogen-bond acceptors (Lipinski definition) is 5. The minimum Gasteiger partial charge on any atom is -0.481 e. The lowest BCUT2D eigenvalue weighted by atomic mass is 9.98. The molecule has 1 aliphatic heterocycles. The lowest BCUT2D eigenvalue weighted by molar-refractivity contribution is -0.137. The number of fused-ring (bicyclic) bond motifs is 1. The van der Waals surface area contributed by atoms with Crippen molar-refractivity contribution in [3.8, 4) is 11.3 Å². The molecule has 5 N–H and O–H groups in total. The molecular weight excluding hydrogens is 391 g/mol. The van der Waals surface area contributed by atoms with E-state index in [0.717, 1.165) is 16.0 Å². The average Bonchev–Trinajstić information content (AvgIpc) is 2.91. The summed E-state index contributed by atoms with van der Waals surface area (Å²) >= 11 is 0. The first kappa shape index (κ1) is 21.2. The lowest BCUT2D eigenvalue weighted by Gasteiger charge is -2.29. The Labute approximate surface area is 172 Å². The smallest absolute Gasteiger partial charge is 0.303 e. The molecule has 0 bridgehead atoms. The van der Waals surface area contributed by atoms with E-state index in [0.29, 0.717) is 5.69 Å². The highest BCUT2D eigenvalue weighted by molar-refractivity contribution is 6.02. The number of carbonyl (C=O) groups is 3. The summed E-state index contributed by atoms with van der Waals surface area (Å²) in [5.41, 5.74) is 13.8. The van der Waals surface area contributed by atoms with Crippen molar-refractivity contribution in [2.75, 3.05) is 5.73 Å². The third-order valence-corrected chi connectivity index (χ3v) is 5.62. The summed E-state index contributed by atoms with van der Waals surface area (Å²) in [6, 6.07) is 2.69. The summed E-state index contributed by atoms with van der Waals surface area (Å²) in [6.45, 7) is 5.24. The van der Waals surface area contributed by atoms with Gasteiger partial charge in [-0.3, -0.25) is 14.4 Å². The molecule has 0 radical (unpaired) electrons. The number of aromatic nitrogens is 1. The number of primary amides is 1. The Morgan fingerprint density at radius 3 is 2.50 bits per heavy atom. The predicted octanol–water partition coefficient (Wildman–Crippen LogP) is 2.32. The number of anilines is 1. The summed E-state index contributed by atoms with van der Waals surface area (Å²) in [6.07, 6.45) is -0.502. The van der Waals surface area contributed by atoms with Gasteiger partial charge in [0.15, 0.2) is 0 Å². The molecule has 2 aromatic rings. The van der Waals surface area contributed by atoms with Gasteiger partial charge in [0.1, 0.15) is 17.7 Å². The van der Waals surface area contributed by atoms with Crippen molar-refractivity contribution < 1.29 is 23.9 Å². The van der Waals surface area contributed by atoms with E-state index >= 15 is 4.39 Å². The second kappa shape index (κ2) is 7.74. The highest BCUT2D eigenvalue weighted by Crippen LogP contribution is 2.40. The van der Waals surface area contributed by atoms with Gasteiger partial charge in [-0.15, -0.1) is 0 Å². The van der Waals surface area contributed by atoms with Crippen LogP contribution in [0.4, 0.5) is 10.2 Å². The molecule has 0 aliphatic carbocycles. The van der Waals surface area contributed by atoms with E-state index in [1.54, 1.807) is 13.0 Å². The molecular formula is C21H23FN4O4. The number of halogens is 1. The van der Waals surface area contributed by atoms with Gasteiger partial charge in [0.25, 0.3) is 5.91 Å². The van der Waals surface area contributed by atoms with Crippen LogP contribution >= 0.6 is 0 Å². The van der Waals surface area contributed by atoms with Gasteiger partial charge in [-0.25, -0.2) is 9.37 Å². The van der Waals surface area contributed by atoms with E-state index in [4.69, 9.17) is 16.6 Å². The van der Waals surface area contributed by atoms with Crippen molar-refractivity contribution in [1.29, 1.82) is 0 Å². The van der Waals surface area contributed by atoms with Crippen LogP contribution in [0.2, 0.25) is 0 Å². The Morgan fingerprint density at radius 1 is 1.30 bits per heavy atom. The highest BCUT2D eigenvalue weighted by atomic mass is 19.1. The fourth-order valence-electron chi connectivity index (χ4n) is 3.83. The number of pyridine rings is 1. The first-order valence-corrected chi connectivity index (χ1v) is 9.44. The Hall–Kier alpha value is -3.49. The number of aliphatic carboxylic acids is 1. The van der Waals surface area contributed by atoms with Gasteiger partial charge in [0.05, 0.1) is 11.7 Å². The Bertz CT molecular complexity index is 1050. The van der Waals surface area contributed by atoms with Crippen LogP contribution in [0, 0.1) is 19.7 Å². The highest BCUT2D eigenvalue weighted by Gasteiger charge is 2.42. The number of benzene rings is 1. The predicted molar refractivity (Wildman–Crippen MR) is 108 cm³/mol. The largest absolute Gasteiger partial charge is 0.481 e. The number of nitrogens with two attached hydrogens (primary N) is 2. The van der Waals surface area contributed by atoms with E-state index in [2.05, 4.69) is 4.98 Å². The van der Waals surface area contributed by atoms with Crippen molar-refractivity contribution in [3.05, 3.63) is 46.3 Å². The molecule has 30 heavy (non-hydrogen) atoms. The standard InChI is InChI=1S/C21H23FN4O4/c1-9-8-14(25-19(23)10(9)2)12-4-5-13-17(18(12)22)11(3)26(21(13)30)15(20(24)29)6-7-16(27)28/h4-5,8,11,15H,6-7H2,1-3H3,(H2,23,25)(H2,24,29)(H,27,28). The summed E-state index contributed by atoms with van der Waals surface area (Å²) < 4.78 is 15.5. The number of rotatable bonds is 6. The zero-order valence-corrected chi connectivity index (χ0v) is 16.9. The zero-order chi connectivity index (χ0) is 22.3. The van der Waals surface area contributed by atoms with Gasteiger partial charge in [-0.2, -0.15) is 0 Å². The quantitative estimate of drug-likeness (QED) is 0.663. The monoisotopic (exact) mass is 414 g/mol. The van der Waals surface area contributed by atoms with Crippen LogP contribution in [0.3, 0.4) is 0 Å². The van der Waals surface area contributed by atoms with Gasteiger partial charge in [0, 0.05) is 23.1 Å². The molecule has 2 unspecified atom stereocenters. The summed E-state index contributed by atoms with van der Waals surface area (Å²) in [5, 5.41) is 8.93. The second-order valence-electron chi connectivity index (χ2n) is 7.46. The maximum absolute atomic E-state index is 15.5. The van der Waals surface area contributed by atoms with Gasteiger partial charge in [-0.1, -0.05) is 0 Å². The Kier molecular flexibility index (Phi) is 5.47. The molecule has 0 saturated carbocycles. The molecule has 158 valence electrons. The molecule has 9 heteroatoms. The fourth-order valence-corrected chi connectivity index (χ4v) is 3.83. The van der Waals surface area contributed by atoms with Crippen LogP contribution in [0.15, 0.2) is 18.2 Å². The third kappa shape index (κ3) is 3.47. The summed E-state index contributed by atoms with van der Waals surface area (Å²) in [4.78, 5) is 41.2. The van der Waals surface area contributed by atoms with Crippen LogP contribution in [-0.4, -0.2) is 38.8 Å². The maximum Gasteiger partial charge on any atom is 0.303 e. The van der Waals surface area contributed by atoms with Crippen LogP contribution in [0.5, 0.6) is 0 Å². The molecule has 2 atom stereocenters. The first-order chi connectivity index (χ1) is 14.0. The summed E-state index contributed by atoms with van der Waals surface area (Å²) in [5.74, 6) is -2.87. The Balaban J connectivity index is 2.06. The number of carboxylic acid groups (broad SMARTS) is 1. The van der Waals surface area contributed by atoms with E-state index in [1.807, 2.05) is 13.8 Å². The molecule has 0 saturated heterocycles. The number of carboxylic acids is 1. The van der Waals surface area contributed by atoms with E-state index < -0.39 is 35.7 Å². The van der Waals surface area contributed by atoms with Crippen LogP contribution in [0.25, 0.3) is 11.3 Å². The van der Waals surface area contributed by atoms with E-state index in [-0.39, 0.29) is 35.3 Å². The number of aryl methyl sites for hydroxylation is 1. The molecule has 0 spiro atoms. The number of nitrogens with zero attached hydrogens (tertiary/aromatic N) is 2. The van der Waals surface area contributed by atoms with Crippen LogP contribution in [0.1, 0.15) is 52.9 Å². The minimum absolute atomic E-state index is 0.113. The number of hydrogen-bond donors (Lipinski definition) is 3. The molecule has 8 nitrogen and oxygen atoms in total. The van der Waals surface area contributed by atoms with Gasteiger partial charge in [-0.05, 0) is 56.5 Å². The topological polar surface area (TPSA) is 140 Å². The fraction of sp³-hybridized carbons (Fsp3) is 0.333. The summed E-state index contributed by atoms with van der Waals surface area (Å²) in [7, 11) is 0. The zero-order valence-electron chi connectivity index (χ0n) is 16.9. The molecule has 2 amide bonds. The normalized spacial score (nSPS) is 16.5. The number of nitrogen functional groups attached to an aromatic ring is 1. The van der Waals surface area contributed by atoms with Crippen molar-refractivity contribution in [1.82, 2.24) is 9.88 Å². The molecule has 1 aromatic carbocycles. The number of carbonyl (C=O) groups excluding carboxylic acids is 2. The molecule has 3 rings (SSSR count). The SMILES string of the molecule is Cc1cc(-c2ccc3c(c2F)C(C)N(C(CCC(=O)O)C(N)=O)C3=O)nc(N)c1C. The minimum atomic E-state index is -1.16. The van der Waals surface area contributed by atoms with Crippen molar-refractivity contribution >= 4 is 23.6 Å². The maximum atomic E-state index is 15.5. The molecule has 2 heterocycles. The van der Waals surface area contributed by atoms with Crippen LogP contribution in [-0.2, 0) is 9.59 Å². The van der Waals surface area contributed by atoms with Crippen molar-refractivity contribution in [2.24, 2.45) is 5.73 Å². The van der Waals surface area contributed by atoms with Gasteiger partial charge in [0.2, 0.25) is 5.91 Å². The lowest BCUT2D eigenvalue weighted by Crippen LogP contribution is -2.46. The number of amides is 2. The van der Waals surface area contributed by atoms with Crippen molar-refractivity contribution in [2.45, 2.75) is 45.7 Å². The Morgan fingerprint density at radius 2 is 1.93 bits per heavy atom.